The molecule has 3 aromatic carbocycles. The number of benzene rings is 3. The Morgan fingerprint density at radius 2 is 1.32 bits per heavy atom. The Morgan fingerprint density at radius 3 is 2.09 bits per heavy atom. The molecule has 1 heterocycles. The molecule has 0 radical (unpaired) electrons. The summed E-state index contributed by atoms with van der Waals surface area (Å²) in [5.74, 6) is 0. The first-order valence-electron chi connectivity index (χ1n) is 7.58. The van der Waals surface area contributed by atoms with Gasteiger partial charge in [0.1, 0.15) is 8.07 Å². The van der Waals surface area contributed by atoms with Crippen LogP contribution in [0.15, 0.2) is 66.7 Å². The first-order valence-corrected chi connectivity index (χ1v) is 11.0. The molecule has 0 aliphatic carbocycles. The van der Waals surface area contributed by atoms with E-state index in [1.165, 1.54) is 22.3 Å². The molecule has 1 aliphatic heterocycles. The van der Waals surface area contributed by atoms with E-state index < -0.39 is 8.07 Å². The molecule has 108 valence electrons. The molecule has 0 fully saturated rings. The molecule has 0 spiro atoms. The van der Waals surface area contributed by atoms with Crippen LogP contribution in [0.25, 0.3) is 22.3 Å². The highest BCUT2D eigenvalue weighted by Crippen LogP contribution is 2.32. The number of fused-ring (bicyclic) bond motifs is 3. The quantitative estimate of drug-likeness (QED) is 0.564. The Labute approximate surface area is 137 Å². The SMILES string of the molecule is C[Si]1(C)c2ccccc2-c2cc(-c3ccc(Cl)cc3)ccc21. The van der Waals surface area contributed by atoms with Crippen LogP contribution in [0.1, 0.15) is 0 Å². The fourth-order valence-corrected chi connectivity index (χ4v) is 6.74. The van der Waals surface area contributed by atoms with Crippen molar-refractivity contribution in [2.75, 3.05) is 0 Å². The number of hydrogen-bond acceptors (Lipinski definition) is 0. The van der Waals surface area contributed by atoms with Gasteiger partial charge in [-0.1, -0.05) is 73.2 Å². The standard InChI is InChI=1S/C20H17ClSi/c1-22(2)19-6-4-3-5-17(19)18-13-15(9-12-20(18)22)14-7-10-16(21)11-8-14/h3-13H,1-2H3. The van der Waals surface area contributed by atoms with E-state index in [-0.39, 0.29) is 0 Å². The van der Waals surface area contributed by atoms with E-state index in [1.54, 1.807) is 10.4 Å². The maximum Gasteiger partial charge on any atom is 0.113 e. The zero-order valence-electron chi connectivity index (χ0n) is 12.7. The minimum atomic E-state index is -1.54. The van der Waals surface area contributed by atoms with E-state index in [9.17, 15) is 0 Å². The Bertz CT molecular complexity index is 863. The van der Waals surface area contributed by atoms with Crippen LogP contribution >= 0.6 is 11.6 Å². The van der Waals surface area contributed by atoms with Crippen LogP contribution in [-0.4, -0.2) is 8.07 Å². The van der Waals surface area contributed by atoms with Crippen molar-refractivity contribution < 1.29 is 0 Å². The van der Waals surface area contributed by atoms with Gasteiger partial charge in [0.05, 0.1) is 0 Å². The lowest BCUT2D eigenvalue weighted by molar-refractivity contribution is 1.63. The van der Waals surface area contributed by atoms with Gasteiger partial charge in [-0.15, -0.1) is 0 Å². The van der Waals surface area contributed by atoms with Crippen LogP contribution < -0.4 is 10.4 Å². The molecule has 0 aromatic heterocycles. The predicted molar refractivity (Wildman–Crippen MR) is 99.1 cm³/mol. The molecule has 4 rings (SSSR count). The topological polar surface area (TPSA) is 0 Å². The van der Waals surface area contributed by atoms with Crippen LogP contribution in [0.5, 0.6) is 0 Å². The van der Waals surface area contributed by atoms with Gasteiger partial charge < -0.3 is 0 Å². The second kappa shape index (κ2) is 4.84. The monoisotopic (exact) mass is 320 g/mol. The van der Waals surface area contributed by atoms with Gasteiger partial charge in [0.15, 0.2) is 0 Å². The molecular formula is C20H17ClSi. The Kier molecular flexibility index (Phi) is 3.03. The highest BCUT2D eigenvalue weighted by Gasteiger charge is 2.36. The third kappa shape index (κ3) is 1.97. The minimum absolute atomic E-state index is 0.781. The molecule has 0 amide bonds. The number of halogens is 1. The summed E-state index contributed by atoms with van der Waals surface area (Å²) >= 11 is 6.00. The minimum Gasteiger partial charge on any atom is -0.0843 e. The van der Waals surface area contributed by atoms with E-state index in [2.05, 4.69) is 67.7 Å². The molecular weight excluding hydrogens is 304 g/mol. The molecule has 0 unspecified atom stereocenters. The molecule has 0 saturated carbocycles. The number of hydrogen-bond donors (Lipinski definition) is 0. The Morgan fingerprint density at radius 1 is 0.682 bits per heavy atom. The van der Waals surface area contributed by atoms with Gasteiger partial charge in [-0.25, -0.2) is 0 Å². The van der Waals surface area contributed by atoms with Gasteiger partial charge in [0.25, 0.3) is 0 Å². The average molecular weight is 321 g/mol. The first-order chi connectivity index (χ1) is 10.6. The normalized spacial score (nSPS) is 14.5. The fraction of sp³-hybridized carbons (Fsp3) is 0.100. The third-order valence-electron chi connectivity index (χ3n) is 4.76. The largest absolute Gasteiger partial charge is 0.113 e. The average Bonchev–Trinajstić information content (AvgIpc) is 2.77. The highest BCUT2D eigenvalue weighted by molar-refractivity contribution is 7.03. The van der Waals surface area contributed by atoms with Crippen LogP contribution in [-0.2, 0) is 0 Å². The molecule has 0 saturated heterocycles. The van der Waals surface area contributed by atoms with Crippen molar-refractivity contribution in [2.45, 2.75) is 13.1 Å². The Balaban J connectivity index is 1.92. The van der Waals surface area contributed by atoms with E-state index in [1.807, 2.05) is 12.1 Å². The lowest BCUT2D eigenvalue weighted by Crippen LogP contribution is -2.49. The van der Waals surface area contributed by atoms with Crippen molar-refractivity contribution in [3.63, 3.8) is 0 Å². The molecule has 0 bridgehead atoms. The van der Waals surface area contributed by atoms with Crippen molar-refractivity contribution in [1.29, 1.82) is 0 Å². The lowest BCUT2D eigenvalue weighted by Gasteiger charge is -2.18. The summed E-state index contributed by atoms with van der Waals surface area (Å²) in [5, 5.41) is 3.88. The fourth-order valence-electron chi connectivity index (χ4n) is 3.54. The van der Waals surface area contributed by atoms with Gasteiger partial charge >= 0.3 is 0 Å². The Hall–Kier alpha value is -1.83. The van der Waals surface area contributed by atoms with E-state index in [4.69, 9.17) is 11.6 Å². The smallest absolute Gasteiger partial charge is 0.0843 e. The first kappa shape index (κ1) is 13.8. The summed E-state index contributed by atoms with van der Waals surface area (Å²) in [6, 6.07) is 23.9. The molecule has 3 aromatic rings. The second-order valence-electron chi connectivity index (χ2n) is 6.44. The van der Waals surface area contributed by atoms with Crippen LogP contribution in [0.2, 0.25) is 18.1 Å². The molecule has 0 nitrogen and oxygen atoms in total. The molecule has 0 atom stereocenters. The van der Waals surface area contributed by atoms with Crippen molar-refractivity contribution in [2.24, 2.45) is 0 Å². The van der Waals surface area contributed by atoms with E-state index in [0.717, 1.165) is 5.02 Å². The maximum atomic E-state index is 6.00. The zero-order valence-corrected chi connectivity index (χ0v) is 14.5. The summed E-state index contributed by atoms with van der Waals surface area (Å²) in [6.07, 6.45) is 0. The van der Waals surface area contributed by atoms with Crippen LogP contribution in [0.3, 0.4) is 0 Å². The zero-order chi connectivity index (χ0) is 15.3. The van der Waals surface area contributed by atoms with Crippen molar-refractivity contribution in [3.8, 4) is 22.3 Å². The van der Waals surface area contributed by atoms with Crippen LogP contribution in [0, 0.1) is 0 Å². The summed E-state index contributed by atoms with van der Waals surface area (Å²) in [6.45, 7) is 4.89. The van der Waals surface area contributed by atoms with Gasteiger partial charge in [-0.05, 0) is 50.8 Å². The third-order valence-corrected chi connectivity index (χ3v) is 8.58. The van der Waals surface area contributed by atoms with Gasteiger partial charge in [-0.2, -0.15) is 0 Å². The predicted octanol–water partition coefficient (Wildman–Crippen LogP) is 4.81. The molecule has 0 N–H and O–H groups in total. The maximum absolute atomic E-state index is 6.00. The molecule has 2 heteroatoms. The second-order valence-corrected chi connectivity index (χ2v) is 11.2. The van der Waals surface area contributed by atoms with Crippen molar-refractivity contribution in [3.05, 3.63) is 71.8 Å². The lowest BCUT2D eigenvalue weighted by atomic mass is 9.99. The summed E-state index contributed by atoms with van der Waals surface area (Å²) in [7, 11) is -1.54. The number of rotatable bonds is 1. The highest BCUT2D eigenvalue weighted by atomic mass is 35.5. The molecule has 1 aliphatic rings. The summed E-state index contributed by atoms with van der Waals surface area (Å²) in [4.78, 5) is 0. The van der Waals surface area contributed by atoms with Gasteiger partial charge in [0, 0.05) is 5.02 Å². The van der Waals surface area contributed by atoms with E-state index >= 15 is 0 Å². The van der Waals surface area contributed by atoms with E-state index in [0.29, 0.717) is 0 Å². The van der Waals surface area contributed by atoms with Gasteiger partial charge in [-0.3, -0.25) is 0 Å². The van der Waals surface area contributed by atoms with Crippen molar-refractivity contribution in [1.82, 2.24) is 0 Å². The summed E-state index contributed by atoms with van der Waals surface area (Å²) < 4.78 is 0. The van der Waals surface area contributed by atoms with Gasteiger partial charge in [0.2, 0.25) is 0 Å². The van der Waals surface area contributed by atoms with Crippen LogP contribution in [0.4, 0.5) is 0 Å². The summed E-state index contributed by atoms with van der Waals surface area (Å²) in [5.41, 5.74) is 5.32. The molecule has 22 heavy (non-hydrogen) atoms. The van der Waals surface area contributed by atoms with Crippen molar-refractivity contribution >= 4 is 30.0 Å².